The Morgan fingerprint density at radius 3 is 1.75 bits per heavy atom. The third-order valence-corrected chi connectivity index (χ3v) is 10.4. The largest absolute Gasteiger partial charge is 0.456 e. The van der Waals surface area contributed by atoms with Gasteiger partial charge >= 0.3 is 0 Å². The summed E-state index contributed by atoms with van der Waals surface area (Å²) < 4.78 is 104. The van der Waals surface area contributed by atoms with Gasteiger partial charge in [0.05, 0.1) is 19.4 Å². The van der Waals surface area contributed by atoms with E-state index in [9.17, 15) is 5.48 Å². The van der Waals surface area contributed by atoms with Gasteiger partial charge in [-0.3, -0.25) is 0 Å². The molecule has 0 aliphatic carbocycles. The van der Waals surface area contributed by atoms with Gasteiger partial charge in [0, 0.05) is 55.4 Å². The minimum absolute atomic E-state index is 0.0491. The summed E-state index contributed by atoms with van der Waals surface area (Å²) in [4.78, 5) is 3.44. The maximum Gasteiger partial charge on any atom is 0.257 e. The fourth-order valence-electron chi connectivity index (χ4n) is 8.21. The fourth-order valence-corrected chi connectivity index (χ4v) is 8.21. The first kappa shape index (κ1) is 20.5. The molecule has 11 rings (SSSR count). The van der Waals surface area contributed by atoms with Crippen LogP contribution in [0.15, 0.2) is 154 Å². The summed E-state index contributed by atoms with van der Waals surface area (Å²) in [5.74, 6) is 0. The van der Waals surface area contributed by atoms with Crippen LogP contribution in [0, 0.1) is 0 Å². The van der Waals surface area contributed by atoms with Crippen LogP contribution in [-0.2, 0) is 5.41 Å². The summed E-state index contributed by atoms with van der Waals surface area (Å²) >= 11 is 0. The number of benzene rings is 7. The molecule has 9 aromatic rings. The van der Waals surface area contributed by atoms with E-state index in [2.05, 4.69) is 0 Å². The minimum atomic E-state index is -0.659. The van der Waals surface area contributed by atoms with Gasteiger partial charge in [-0.1, -0.05) is 112 Å². The van der Waals surface area contributed by atoms with Crippen LogP contribution in [0.3, 0.4) is 0 Å². The van der Waals surface area contributed by atoms with Crippen LogP contribution < -0.4 is 26.2 Å². The Morgan fingerprint density at radius 2 is 1.10 bits per heavy atom. The molecule has 0 fully saturated rings. The van der Waals surface area contributed by atoms with Crippen molar-refractivity contribution in [2.75, 3.05) is 9.80 Å². The van der Waals surface area contributed by atoms with Crippen molar-refractivity contribution in [3.8, 4) is 0 Å². The lowest BCUT2D eigenvalue weighted by Gasteiger charge is -2.44. The fraction of sp³-hybridized carbons (Fsp3) is 0.0870. The molecule has 7 aromatic carbocycles. The molecule has 0 unspecified atom stereocenters. The van der Waals surface area contributed by atoms with Crippen LogP contribution in [0.2, 0.25) is 0 Å². The Kier molecular flexibility index (Phi) is 4.09. The topological polar surface area (TPSA) is 32.8 Å². The number of anilines is 6. The maximum absolute atomic E-state index is 9.49. The Labute approximate surface area is 310 Å². The summed E-state index contributed by atoms with van der Waals surface area (Å²) in [5.41, 5.74) is 6.19. The molecule has 0 bridgehead atoms. The highest BCUT2D eigenvalue weighted by Crippen LogP contribution is 2.51. The smallest absolute Gasteiger partial charge is 0.257 e. The molecule has 5 heteroatoms. The number of hydrogen-bond donors (Lipinski definition) is 0. The van der Waals surface area contributed by atoms with Gasteiger partial charge in [-0.25, -0.2) is 0 Å². The average molecular weight is 667 g/mol. The normalized spacial score (nSPS) is 16.4. The zero-order valence-corrected chi connectivity index (χ0v) is 27.9. The second-order valence-corrected chi connectivity index (χ2v) is 14.2. The van der Waals surface area contributed by atoms with E-state index >= 15 is 0 Å². The lowest BCUT2D eigenvalue weighted by atomic mass is 9.33. The van der Waals surface area contributed by atoms with Gasteiger partial charge < -0.3 is 18.6 Å². The van der Waals surface area contributed by atoms with Crippen molar-refractivity contribution < 1.29 is 22.5 Å². The number of furan rings is 2. The summed E-state index contributed by atoms with van der Waals surface area (Å²) in [7, 11) is 0. The van der Waals surface area contributed by atoms with Gasteiger partial charge in [0.1, 0.15) is 16.7 Å². The van der Waals surface area contributed by atoms with Crippen molar-refractivity contribution in [1.82, 2.24) is 0 Å². The van der Waals surface area contributed by atoms with Gasteiger partial charge in [0.25, 0.3) is 6.71 Å². The maximum atomic E-state index is 9.49. The highest BCUT2D eigenvalue weighted by molar-refractivity contribution is 7.02. The van der Waals surface area contributed by atoms with Crippen LogP contribution in [0.1, 0.15) is 40.0 Å². The van der Waals surface area contributed by atoms with Crippen molar-refractivity contribution >= 4 is 101 Å². The van der Waals surface area contributed by atoms with E-state index in [4.69, 9.17) is 17.1 Å². The van der Waals surface area contributed by atoms with Crippen molar-refractivity contribution in [3.63, 3.8) is 0 Å². The third-order valence-electron chi connectivity index (χ3n) is 10.4. The molecule has 0 saturated carbocycles. The van der Waals surface area contributed by atoms with Crippen LogP contribution in [0.4, 0.5) is 34.1 Å². The summed E-state index contributed by atoms with van der Waals surface area (Å²) in [5, 5.41) is 3.18. The van der Waals surface area contributed by atoms with E-state index in [0.29, 0.717) is 56.0 Å². The van der Waals surface area contributed by atoms with Crippen LogP contribution in [0.5, 0.6) is 0 Å². The van der Waals surface area contributed by atoms with Crippen molar-refractivity contribution in [3.05, 3.63) is 151 Å². The Balaban J connectivity index is 1.43. The van der Waals surface area contributed by atoms with Crippen LogP contribution in [0.25, 0.3) is 43.9 Å². The van der Waals surface area contributed by atoms with Crippen LogP contribution in [-0.4, -0.2) is 6.71 Å². The lowest BCUT2D eigenvalue weighted by molar-refractivity contribution is 0.590. The molecular formula is C46H33BN2O2. The highest BCUT2D eigenvalue weighted by atomic mass is 16.3. The minimum Gasteiger partial charge on any atom is -0.456 e. The molecule has 4 heterocycles. The van der Waals surface area contributed by atoms with E-state index < -0.39 is 72.6 Å². The second kappa shape index (κ2) is 10.2. The van der Waals surface area contributed by atoms with Gasteiger partial charge in [0.2, 0.25) is 0 Å². The van der Waals surface area contributed by atoms with E-state index in [-0.39, 0.29) is 11.4 Å². The van der Waals surface area contributed by atoms with E-state index in [1.807, 2.05) is 106 Å². The second-order valence-electron chi connectivity index (χ2n) is 14.2. The number of para-hydroxylation sites is 5. The van der Waals surface area contributed by atoms with Gasteiger partial charge in [-0.05, 0) is 76.4 Å². The molecule has 51 heavy (non-hydrogen) atoms. The Hall–Kier alpha value is -6.20. The average Bonchev–Trinajstić information content (AvgIpc) is 3.83. The molecule has 0 N–H and O–H groups in total. The van der Waals surface area contributed by atoms with Gasteiger partial charge in [-0.15, -0.1) is 0 Å². The number of nitrogens with zero attached hydrogens (tertiary/aromatic N) is 2. The van der Waals surface area contributed by atoms with E-state index in [1.165, 1.54) is 0 Å². The standard InChI is InChI=1S/C46H33BN2O2/c1-46(2,3)28-26-35-41-36(27-28)49(30-18-8-5-9-19-30)43-42(47(41)33-22-12-13-23-34(33)48(35)29-16-6-4-7-17-29)44-39(31-20-10-14-24-37(31)50-44)40-32-21-11-15-25-38(32)51-45(40)43/h4-27H,1-3H3/i4D,5D,6D,7D,8D,9D,16D,17D,18D,19D. The Bertz CT molecular complexity index is 3410. The van der Waals surface area contributed by atoms with Crippen LogP contribution >= 0.6 is 0 Å². The SMILES string of the molecule is [2H]c1c([2H])c([2H])c(N2c3ccccc3B3c4c2cc(C(C)(C)C)cc4N(c2c([2H])c([2H])c([2H])c([2H])c2[2H])c2c3c3oc4ccccc4c3c3c2oc2ccccc23)c([2H])c1[2H]. The number of rotatable bonds is 2. The molecule has 242 valence electrons. The molecule has 0 atom stereocenters. The number of fused-ring (bicyclic) bond motifs is 13. The predicted molar refractivity (Wildman–Crippen MR) is 214 cm³/mol. The highest BCUT2D eigenvalue weighted by Gasteiger charge is 2.47. The monoisotopic (exact) mass is 666 g/mol. The zero-order valence-electron chi connectivity index (χ0n) is 37.9. The lowest BCUT2D eigenvalue weighted by Crippen LogP contribution is -2.61. The summed E-state index contributed by atoms with van der Waals surface area (Å²) in [6, 6.07) is 22.2. The molecule has 2 aliphatic heterocycles. The van der Waals surface area contributed by atoms with Gasteiger partial charge in [0.15, 0.2) is 5.58 Å². The molecule has 0 amide bonds. The molecule has 4 nitrogen and oxygen atoms in total. The predicted octanol–water partition coefficient (Wildman–Crippen LogP) is 10.9. The summed E-state index contributed by atoms with van der Waals surface area (Å²) in [6.07, 6.45) is 0. The van der Waals surface area contributed by atoms with E-state index in [1.54, 1.807) is 9.80 Å². The molecule has 0 saturated heterocycles. The quantitative estimate of drug-likeness (QED) is 0.172. The van der Waals surface area contributed by atoms with E-state index in [0.717, 1.165) is 32.6 Å². The molecule has 0 radical (unpaired) electrons. The van der Waals surface area contributed by atoms with Gasteiger partial charge in [-0.2, -0.15) is 0 Å². The number of hydrogen-bond acceptors (Lipinski definition) is 4. The molecular weight excluding hydrogens is 623 g/mol. The summed E-state index contributed by atoms with van der Waals surface area (Å²) in [6.45, 7) is 5.44. The van der Waals surface area contributed by atoms with Crippen molar-refractivity contribution in [1.29, 1.82) is 0 Å². The first-order chi connectivity index (χ1) is 29.1. The molecule has 2 aliphatic rings. The van der Waals surface area contributed by atoms with Crippen molar-refractivity contribution in [2.24, 2.45) is 0 Å². The molecule has 2 aromatic heterocycles. The molecule has 0 spiro atoms. The zero-order chi connectivity index (χ0) is 42.7. The Morgan fingerprint density at radius 1 is 0.569 bits per heavy atom. The third kappa shape index (κ3) is 3.86. The first-order valence-corrected chi connectivity index (χ1v) is 16.9. The first-order valence-electron chi connectivity index (χ1n) is 21.9. The van der Waals surface area contributed by atoms with Crippen molar-refractivity contribution in [2.45, 2.75) is 26.2 Å².